The lowest BCUT2D eigenvalue weighted by Gasteiger charge is -2.08. The Morgan fingerprint density at radius 2 is 2.15 bits per heavy atom. The number of nitro benzene ring substituents is 1. The molecule has 0 aliphatic heterocycles. The summed E-state index contributed by atoms with van der Waals surface area (Å²) in [6.07, 6.45) is 1.59. The monoisotopic (exact) mass is 293 g/mol. The molecule has 1 aromatic heterocycles. The van der Waals surface area contributed by atoms with Gasteiger partial charge in [-0.3, -0.25) is 10.1 Å². The molecule has 0 saturated heterocycles. The molecule has 2 aromatic rings. The van der Waals surface area contributed by atoms with E-state index >= 15 is 0 Å². The van der Waals surface area contributed by atoms with Crippen molar-refractivity contribution in [2.75, 3.05) is 0 Å². The second kappa shape index (κ2) is 5.85. The van der Waals surface area contributed by atoms with Crippen molar-refractivity contribution >= 4 is 17.3 Å². The summed E-state index contributed by atoms with van der Waals surface area (Å²) in [6.45, 7) is 1.84. The summed E-state index contributed by atoms with van der Waals surface area (Å²) < 4.78 is 5.45. The molecule has 0 fully saturated rings. The molecule has 0 aliphatic rings. The number of benzene rings is 1. The molecular weight excluding hydrogens is 282 g/mol. The highest BCUT2D eigenvalue weighted by molar-refractivity contribution is 6.32. The molecule has 0 aliphatic carbocycles. The van der Waals surface area contributed by atoms with Crippen LogP contribution < -0.4 is 10.5 Å². The van der Waals surface area contributed by atoms with Crippen LogP contribution in [-0.2, 0) is 0 Å². The van der Waals surface area contributed by atoms with Gasteiger partial charge in [0.1, 0.15) is 0 Å². The minimum Gasteiger partial charge on any atom is -0.437 e. The molecule has 20 heavy (non-hydrogen) atoms. The number of pyridine rings is 1. The SMILES string of the molecule is C[C@H](N)c1ccc(Oc2cc([N+](=O)[O-])ccc2Cl)nc1. The number of non-ortho nitro benzene ring substituents is 1. The fraction of sp³-hybridized carbons (Fsp3) is 0.154. The molecule has 0 amide bonds. The van der Waals surface area contributed by atoms with Crippen LogP contribution >= 0.6 is 11.6 Å². The van der Waals surface area contributed by atoms with Gasteiger partial charge in [-0.1, -0.05) is 17.7 Å². The van der Waals surface area contributed by atoms with Crippen molar-refractivity contribution in [1.29, 1.82) is 0 Å². The zero-order valence-electron chi connectivity index (χ0n) is 10.6. The highest BCUT2D eigenvalue weighted by Crippen LogP contribution is 2.32. The Balaban J connectivity index is 2.25. The van der Waals surface area contributed by atoms with Crippen LogP contribution in [-0.4, -0.2) is 9.91 Å². The van der Waals surface area contributed by atoms with Crippen LogP contribution in [0.4, 0.5) is 5.69 Å². The molecule has 1 atom stereocenters. The minimum absolute atomic E-state index is 0.100. The molecule has 6 nitrogen and oxygen atoms in total. The first-order chi connectivity index (χ1) is 9.47. The number of halogens is 1. The summed E-state index contributed by atoms with van der Waals surface area (Å²) in [5.41, 5.74) is 6.48. The van der Waals surface area contributed by atoms with Gasteiger partial charge in [0, 0.05) is 24.4 Å². The highest BCUT2D eigenvalue weighted by atomic mass is 35.5. The van der Waals surface area contributed by atoms with Crippen LogP contribution in [0.3, 0.4) is 0 Å². The van der Waals surface area contributed by atoms with Crippen molar-refractivity contribution in [2.24, 2.45) is 5.73 Å². The van der Waals surface area contributed by atoms with E-state index in [1.165, 1.54) is 18.2 Å². The van der Waals surface area contributed by atoms with Crippen LogP contribution in [0, 0.1) is 10.1 Å². The fourth-order valence-electron chi connectivity index (χ4n) is 1.52. The summed E-state index contributed by atoms with van der Waals surface area (Å²) in [6, 6.07) is 7.25. The van der Waals surface area contributed by atoms with Gasteiger partial charge in [0.2, 0.25) is 5.88 Å². The smallest absolute Gasteiger partial charge is 0.273 e. The zero-order chi connectivity index (χ0) is 14.7. The third kappa shape index (κ3) is 3.23. The molecule has 1 aromatic carbocycles. The van der Waals surface area contributed by atoms with Crippen LogP contribution in [0.15, 0.2) is 36.5 Å². The molecule has 1 heterocycles. The van der Waals surface area contributed by atoms with Crippen molar-refractivity contribution in [3.05, 3.63) is 57.2 Å². The summed E-state index contributed by atoms with van der Waals surface area (Å²) in [4.78, 5) is 14.3. The van der Waals surface area contributed by atoms with E-state index in [1.807, 2.05) is 6.92 Å². The van der Waals surface area contributed by atoms with Gasteiger partial charge in [0.15, 0.2) is 5.75 Å². The molecule has 2 N–H and O–H groups in total. The van der Waals surface area contributed by atoms with E-state index in [9.17, 15) is 10.1 Å². The first-order valence-electron chi connectivity index (χ1n) is 5.80. The predicted molar refractivity (Wildman–Crippen MR) is 75.0 cm³/mol. The Morgan fingerprint density at radius 3 is 2.70 bits per heavy atom. The van der Waals surface area contributed by atoms with Crippen molar-refractivity contribution in [1.82, 2.24) is 4.98 Å². The van der Waals surface area contributed by atoms with Gasteiger partial charge in [0.05, 0.1) is 16.0 Å². The Morgan fingerprint density at radius 1 is 1.40 bits per heavy atom. The van der Waals surface area contributed by atoms with Gasteiger partial charge >= 0.3 is 0 Å². The highest BCUT2D eigenvalue weighted by Gasteiger charge is 2.12. The van der Waals surface area contributed by atoms with Crippen molar-refractivity contribution in [2.45, 2.75) is 13.0 Å². The summed E-state index contributed by atoms with van der Waals surface area (Å²) in [5, 5.41) is 11.0. The number of ether oxygens (including phenoxy) is 1. The summed E-state index contributed by atoms with van der Waals surface area (Å²) in [7, 11) is 0. The maximum absolute atomic E-state index is 10.7. The zero-order valence-corrected chi connectivity index (χ0v) is 11.4. The van der Waals surface area contributed by atoms with Crippen molar-refractivity contribution < 1.29 is 9.66 Å². The molecule has 0 unspecified atom stereocenters. The first-order valence-corrected chi connectivity index (χ1v) is 6.18. The Kier molecular flexibility index (Phi) is 4.16. The van der Waals surface area contributed by atoms with Gasteiger partial charge in [-0.2, -0.15) is 0 Å². The Bertz CT molecular complexity index is 629. The standard InChI is InChI=1S/C13H12ClN3O3/c1-8(15)9-2-5-13(16-7-9)20-12-6-10(17(18)19)3-4-11(12)14/h2-8H,15H2,1H3/t8-/m0/s1. The first kappa shape index (κ1) is 14.2. The van der Waals surface area contributed by atoms with E-state index in [0.29, 0.717) is 0 Å². The van der Waals surface area contributed by atoms with Crippen LogP contribution in [0.1, 0.15) is 18.5 Å². The lowest BCUT2D eigenvalue weighted by atomic mass is 10.2. The van der Waals surface area contributed by atoms with Gasteiger partial charge in [-0.15, -0.1) is 0 Å². The second-order valence-corrected chi connectivity index (χ2v) is 4.60. The molecule has 0 radical (unpaired) electrons. The van der Waals surface area contributed by atoms with Gasteiger partial charge in [-0.05, 0) is 18.6 Å². The lowest BCUT2D eigenvalue weighted by molar-refractivity contribution is -0.384. The van der Waals surface area contributed by atoms with Gasteiger partial charge < -0.3 is 10.5 Å². The topological polar surface area (TPSA) is 91.3 Å². The minimum atomic E-state index is -0.518. The average Bonchev–Trinajstić information content (AvgIpc) is 2.41. The predicted octanol–water partition coefficient (Wildman–Crippen LogP) is 3.46. The molecule has 7 heteroatoms. The summed E-state index contributed by atoms with van der Waals surface area (Å²) in [5.74, 6) is 0.471. The molecule has 104 valence electrons. The van der Waals surface area contributed by atoms with Crippen LogP contribution in [0.25, 0.3) is 0 Å². The van der Waals surface area contributed by atoms with E-state index in [1.54, 1.807) is 18.3 Å². The van der Waals surface area contributed by atoms with Crippen molar-refractivity contribution in [3.63, 3.8) is 0 Å². The van der Waals surface area contributed by atoms with Gasteiger partial charge in [0.25, 0.3) is 5.69 Å². The lowest BCUT2D eigenvalue weighted by Crippen LogP contribution is -2.05. The number of hydrogen-bond acceptors (Lipinski definition) is 5. The molecule has 0 spiro atoms. The maximum atomic E-state index is 10.7. The van der Waals surface area contributed by atoms with E-state index in [-0.39, 0.29) is 28.4 Å². The van der Waals surface area contributed by atoms with Gasteiger partial charge in [-0.25, -0.2) is 4.98 Å². The second-order valence-electron chi connectivity index (χ2n) is 4.19. The molecule has 0 saturated carbocycles. The van der Waals surface area contributed by atoms with E-state index in [0.717, 1.165) is 5.56 Å². The molecular formula is C13H12ClN3O3. The van der Waals surface area contributed by atoms with E-state index in [2.05, 4.69) is 4.98 Å². The fourth-order valence-corrected chi connectivity index (χ4v) is 1.67. The molecule has 2 rings (SSSR count). The number of nitrogens with zero attached hydrogens (tertiary/aromatic N) is 2. The van der Waals surface area contributed by atoms with Crippen LogP contribution in [0.5, 0.6) is 11.6 Å². The third-order valence-electron chi connectivity index (χ3n) is 2.63. The van der Waals surface area contributed by atoms with Crippen molar-refractivity contribution in [3.8, 4) is 11.6 Å². The van der Waals surface area contributed by atoms with E-state index in [4.69, 9.17) is 22.1 Å². The normalized spacial score (nSPS) is 11.9. The maximum Gasteiger partial charge on any atom is 0.273 e. The number of rotatable bonds is 4. The van der Waals surface area contributed by atoms with Crippen LogP contribution in [0.2, 0.25) is 5.02 Å². The number of hydrogen-bond donors (Lipinski definition) is 1. The summed E-state index contributed by atoms with van der Waals surface area (Å²) >= 11 is 5.94. The van der Waals surface area contributed by atoms with E-state index < -0.39 is 4.92 Å². The quantitative estimate of drug-likeness (QED) is 0.688. The third-order valence-corrected chi connectivity index (χ3v) is 2.94. The number of nitrogens with two attached hydrogens (primary N) is 1. The largest absolute Gasteiger partial charge is 0.437 e. The average molecular weight is 294 g/mol. The number of nitro groups is 1. The molecule has 0 bridgehead atoms. The Hall–Kier alpha value is -2.18. The Labute approximate surface area is 120 Å². The number of aromatic nitrogens is 1.